The third kappa shape index (κ3) is 5.34. The van der Waals surface area contributed by atoms with Gasteiger partial charge in [0, 0.05) is 26.7 Å². The van der Waals surface area contributed by atoms with Crippen LogP contribution in [-0.2, 0) is 16.1 Å². The van der Waals surface area contributed by atoms with Crippen molar-refractivity contribution in [2.24, 2.45) is 10.9 Å². The number of benzene rings is 2. The lowest BCUT2D eigenvalue weighted by atomic mass is 9.97. The fourth-order valence-electron chi connectivity index (χ4n) is 3.54. The maximum absolute atomic E-state index is 11.9. The third-order valence-electron chi connectivity index (χ3n) is 4.94. The van der Waals surface area contributed by atoms with E-state index in [1.807, 2.05) is 14.0 Å². The van der Waals surface area contributed by atoms with Crippen molar-refractivity contribution in [2.75, 3.05) is 26.7 Å². The minimum absolute atomic E-state index is 0. The van der Waals surface area contributed by atoms with Gasteiger partial charge in [0.25, 0.3) is 0 Å². The molecule has 1 saturated heterocycles. The topological polar surface area (TPSA) is 53.9 Å². The van der Waals surface area contributed by atoms with Gasteiger partial charge in [0.05, 0.1) is 12.5 Å². The van der Waals surface area contributed by atoms with Crippen LogP contribution < -0.4 is 5.32 Å². The number of hydrogen-bond donors (Lipinski definition) is 1. The first kappa shape index (κ1) is 21.5. The number of nitrogens with zero attached hydrogens (tertiary/aromatic N) is 2. The van der Waals surface area contributed by atoms with Crippen molar-refractivity contribution in [3.8, 4) is 0 Å². The molecule has 1 N–H and O–H groups in total. The molecule has 0 unspecified atom stereocenters. The molecular weight excluding hydrogens is 453 g/mol. The molecule has 1 aliphatic heterocycles. The molecule has 0 aromatic heterocycles. The fraction of sp³-hybridized carbons (Fsp3) is 0.429. The van der Waals surface area contributed by atoms with Crippen molar-refractivity contribution < 1.29 is 9.53 Å². The van der Waals surface area contributed by atoms with E-state index in [-0.39, 0.29) is 35.9 Å². The lowest BCUT2D eigenvalue weighted by Crippen LogP contribution is -2.46. The number of carbonyl (C=O) groups is 1. The number of hydrogen-bond acceptors (Lipinski definition) is 3. The number of piperidine rings is 1. The van der Waals surface area contributed by atoms with E-state index in [9.17, 15) is 4.79 Å². The molecule has 1 fully saturated rings. The van der Waals surface area contributed by atoms with E-state index in [4.69, 9.17) is 4.74 Å². The number of ether oxygens (including phenoxy) is 1. The van der Waals surface area contributed by atoms with Gasteiger partial charge in [-0.15, -0.1) is 24.0 Å². The molecule has 1 aliphatic rings. The summed E-state index contributed by atoms with van der Waals surface area (Å²) in [6, 6.07) is 14.8. The van der Waals surface area contributed by atoms with Crippen LogP contribution in [0.1, 0.15) is 25.3 Å². The minimum Gasteiger partial charge on any atom is -0.466 e. The molecule has 0 bridgehead atoms. The Bertz CT molecular complexity index is 781. The predicted molar refractivity (Wildman–Crippen MR) is 120 cm³/mol. The predicted octanol–water partition coefficient (Wildman–Crippen LogP) is 3.81. The minimum atomic E-state index is -0.0640. The Labute approximate surface area is 178 Å². The largest absolute Gasteiger partial charge is 0.466 e. The highest BCUT2D eigenvalue weighted by Gasteiger charge is 2.27. The van der Waals surface area contributed by atoms with Gasteiger partial charge < -0.3 is 15.0 Å². The highest BCUT2D eigenvalue weighted by molar-refractivity contribution is 14.0. The first-order valence-corrected chi connectivity index (χ1v) is 9.31. The summed E-state index contributed by atoms with van der Waals surface area (Å²) in [7, 11) is 1.81. The molecular formula is C21H28IN3O2. The standard InChI is InChI=1S/C21H27N3O2.HI/c1-3-26-20(25)17-11-13-24(14-12-17)21(22-2)23-15-18-9-6-8-16-7-4-5-10-19(16)18;/h4-10,17H,3,11-15H2,1-2H3,(H,22,23);1H. The van der Waals surface area contributed by atoms with Gasteiger partial charge in [-0.2, -0.15) is 0 Å². The molecule has 0 radical (unpaired) electrons. The average molecular weight is 481 g/mol. The molecule has 2 aromatic rings. The van der Waals surface area contributed by atoms with Crippen LogP contribution >= 0.6 is 24.0 Å². The number of fused-ring (bicyclic) bond motifs is 1. The van der Waals surface area contributed by atoms with Crippen LogP contribution in [-0.4, -0.2) is 43.6 Å². The van der Waals surface area contributed by atoms with Crippen LogP contribution in [0.4, 0.5) is 0 Å². The molecule has 0 amide bonds. The zero-order valence-corrected chi connectivity index (χ0v) is 18.3. The van der Waals surface area contributed by atoms with Crippen molar-refractivity contribution in [2.45, 2.75) is 26.3 Å². The Balaban J connectivity index is 0.00000261. The Kier molecular flexibility index (Phi) is 8.34. The summed E-state index contributed by atoms with van der Waals surface area (Å²) in [4.78, 5) is 18.5. The first-order valence-electron chi connectivity index (χ1n) is 9.31. The van der Waals surface area contributed by atoms with Crippen molar-refractivity contribution in [3.05, 3.63) is 48.0 Å². The zero-order chi connectivity index (χ0) is 18.4. The number of aliphatic imine (C=N–C) groups is 1. The molecule has 146 valence electrons. The number of rotatable bonds is 4. The molecule has 0 aliphatic carbocycles. The maximum atomic E-state index is 11.9. The molecule has 2 aromatic carbocycles. The van der Waals surface area contributed by atoms with E-state index in [1.165, 1.54) is 16.3 Å². The van der Waals surface area contributed by atoms with Crippen molar-refractivity contribution in [1.82, 2.24) is 10.2 Å². The molecule has 0 spiro atoms. The van der Waals surface area contributed by atoms with Crippen LogP contribution in [0.5, 0.6) is 0 Å². The number of guanidine groups is 1. The monoisotopic (exact) mass is 481 g/mol. The van der Waals surface area contributed by atoms with Gasteiger partial charge in [0.15, 0.2) is 5.96 Å². The average Bonchev–Trinajstić information content (AvgIpc) is 2.69. The second-order valence-corrected chi connectivity index (χ2v) is 6.55. The lowest BCUT2D eigenvalue weighted by Gasteiger charge is -2.33. The highest BCUT2D eigenvalue weighted by Crippen LogP contribution is 2.20. The summed E-state index contributed by atoms with van der Waals surface area (Å²) in [6.45, 7) is 4.67. The smallest absolute Gasteiger partial charge is 0.309 e. The van der Waals surface area contributed by atoms with E-state index in [2.05, 4.69) is 57.7 Å². The van der Waals surface area contributed by atoms with Crippen LogP contribution in [0.2, 0.25) is 0 Å². The Morgan fingerprint density at radius 3 is 2.59 bits per heavy atom. The number of nitrogens with one attached hydrogen (secondary N) is 1. The van der Waals surface area contributed by atoms with Gasteiger partial charge >= 0.3 is 5.97 Å². The van der Waals surface area contributed by atoms with Gasteiger partial charge in [-0.05, 0) is 36.1 Å². The normalized spacial score (nSPS) is 15.3. The third-order valence-corrected chi connectivity index (χ3v) is 4.94. The molecule has 3 rings (SSSR count). The molecule has 6 heteroatoms. The van der Waals surface area contributed by atoms with Crippen LogP contribution in [0.25, 0.3) is 10.8 Å². The van der Waals surface area contributed by atoms with Gasteiger partial charge in [0.2, 0.25) is 0 Å². The van der Waals surface area contributed by atoms with Gasteiger partial charge in [-0.25, -0.2) is 0 Å². The Morgan fingerprint density at radius 1 is 1.19 bits per heavy atom. The van der Waals surface area contributed by atoms with Gasteiger partial charge in [-0.3, -0.25) is 9.79 Å². The summed E-state index contributed by atoms with van der Waals surface area (Å²) < 4.78 is 5.15. The number of halogens is 1. The summed E-state index contributed by atoms with van der Waals surface area (Å²) in [5.74, 6) is 0.841. The fourth-order valence-corrected chi connectivity index (χ4v) is 3.54. The van der Waals surface area contributed by atoms with Gasteiger partial charge in [0.1, 0.15) is 0 Å². The molecule has 1 heterocycles. The second-order valence-electron chi connectivity index (χ2n) is 6.55. The lowest BCUT2D eigenvalue weighted by molar-refractivity contribution is -0.149. The zero-order valence-electron chi connectivity index (χ0n) is 16.0. The number of likely N-dealkylation sites (tertiary alicyclic amines) is 1. The van der Waals surface area contributed by atoms with Crippen molar-refractivity contribution in [3.63, 3.8) is 0 Å². The maximum Gasteiger partial charge on any atom is 0.309 e. The number of esters is 1. The van der Waals surface area contributed by atoms with E-state index in [0.717, 1.165) is 38.4 Å². The Morgan fingerprint density at radius 2 is 1.89 bits per heavy atom. The van der Waals surface area contributed by atoms with E-state index >= 15 is 0 Å². The summed E-state index contributed by atoms with van der Waals surface area (Å²) in [5.41, 5.74) is 1.26. The Hall–Kier alpha value is -1.83. The number of carbonyl (C=O) groups excluding carboxylic acids is 1. The molecule has 5 nitrogen and oxygen atoms in total. The SMILES string of the molecule is CCOC(=O)C1CCN(C(=NC)NCc2cccc3ccccc23)CC1.I. The van der Waals surface area contributed by atoms with E-state index in [0.29, 0.717) is 6.61 Å². The van der Waals surface area contributed by atoms with E-state index < -0.39 is 0 Å². The molecule has 0 atom stereocenters. The summed E-state index contributed by atoms with van der Waals surface area (Å²) in [6.07, 6.45) is 1.63. The van der Waals surface area contributed by atoms with E-state index in [1.54, 1.807) is 0 Å². The molecule has 0 saturated carbocycles. The first-order chi connectivity index (χ1) is 12.7. The summed E-state index contributed by atoms with van der Waals surface area (Å²) in [5, 5.41) is 5.99. The summed E-state index contributed by atoms with van der Waals surface area (Å²) >= 11 is 0. The van der Waals surface area contributed by atoms with Gasteiger partial charge in [-0.1, -0.05) is 42.5 Å². The van der Waals surface area contributed by atoms with Crippen LogP contribution in [0, 0.1) is 5.92 Å². The quantitative estimate of drug-likeness (QED) is 0.313. The van der Waals surface area contributed by atoms with Crippen molar-refractivity contribution >= 4 is 46.7 Å². The van der Waals surface area contributed by atoms with Crippen LogP contribution in [0.3, 0.4) is 0 Å². The van der Waals surface area contributed by atoms with Crippen LogP contribution in [0.15, 0.2) is 47.5 Å². The molecule has 27 heavy (non-hydrogen) atoms. The van der Waals surface area contributed by atoms with Crippen molar-refractivity contribution in [1.29, 1.82) is 0 Å². The second kappa shape index (κ2) is 10.5. The highest BCUT2D eigenvalue weighted by atomic mass is 127.